The van der Waals surface area contributed by atoms with E-state index in [2.05, 4.69) is 21.2 Å². The van der Waals surface area contributed by atoms with Gasteiger partial charge in [-0.05, 0) is 52.7 Å². The number of carbonyl (C=O) groups is 1. The first kappa shape index (κ1) is 14.8. The Labute approximate surface area is 124 Å². The summed E-state index contributed by atoms with van der Waals surface area (Å²) < 4.78 is 27.7. The molecule has 0 spiro atoms. The molecule has 1 amide bonds. The second-order valence-electron chi connectivity index (χ2n) is 4.10. The van der Waals surface area contributed by atoms with E-state index in [0.717, 1.165) is 11.6 Å². The number of furan rings is 1. The molecule has 106 valence electrons. The van der Waals surface area contributed by atoms with Crippen LogP contribution in [0.1, 0.15) is 16.1 Å². The highest BCUT2D eigenvalue weighted by molar-refractivity contribution is 9.10. The molecule has 0 unspecified atom stereocenters. The highest BCUT2D eigenvalue weighted by Crippen LogP contribution is 2.24. The van der Waals surface area contributed by atoms with Gasteiger partial charge in [-0.3, -0.25) is 4.79 Å². The molecule has 6 nitrogen and oxygen atoms in total. The number of carbonyl (C=O) groups excluding carboxylic acids is 1. The van der Waals surface area contributed by atoms with Crippen molar-refractivity contribution in [1.82, 2.24) is 0 Å². The zero-order valence-corrected chi connectivity index (χ0v) is 12.8. The van der Waals surface area contributed by atoms with Gasteiger partial charge in [0.1, 0.15) is 0 Å². The molecule has 0 fully saturated rings. The Morgan fingerprint density at radius 1 is 1.30 bits per heavy atom. The lowest BCUT2D eigenvalue weighted by Gasteiger charge is -2.06. The van der Waals surface area contributed by atoms with Crippen LogP contribution in [0.4, 0.5) is 5.69 Å². The van der Waals surface area contributed by atoms with Gasteiger partial charge in [0.15, 0.2) is 5.76 Å². The van der Waals surface area contributed by atoms with Crippen molar-refractivity contribution >= 4 is 37.5 Å². The average Bonchev–Trinajstić information content (AvgIpc) is 2.82. The molecular formula is C12H11BrN2O4S. The van der Waals surface area contributed by atoms with E-state index in [-0.39, 0.29) is 5.76 Å². The van der Waals surface area contributed by atoms with Gasteiger partial charge in [0.25, 0.3) is 15.9 Å². The quantitative estimate of drug-likeness (QED) is 0.877. The molecule has 2 rings (SSSR count). The van der Waals surface area contributed by atoms with Gasteiger partial charge in [0.2, 0.25) is 5.09 Å². The minimum atomic E-state index is -3.96. The minimum absolute atomic E-state index is 0.137. The van der Waals surface area contributed by atoms with Crippen LogP contribution in [-0.2, 0) is 10.0 Å². The first-order valence-electron chi connectivity index (χ1n) is 5.47. The lowest BCUT2D eigenvalue weighted by atomic mass is 10.2. The van der Waals surface area contributed by atoms with E-state index < -0.39 is 21.0 Å². The fourth-order valence-electron chi connectivity index (χ4n) is 1.50. The van der Waals surface area contributed by atoms with Crippen molar-refractivity contribution in [2.24, 2.45) is 5.14 Å². The van der Waals surface area contributed by atoms with Gasteiger partial charge in [0.05, 0.1) is 5.69 Å². The first-order valence-corrected chi connectivity index (χ1v) is 7.81. The van der Waals surface area contributed by atoms with Crippen LogP contribution in [0, 0.1) is 6.92 Å². The van der Waals surface area contributed by atoms with Crippen molar-refractivity contribution < 1.29 is 17.6 Å². The minimum Gasteiger partial charge on any atom is -0.438 e. The first-order chi connectivity index (χ1) is 9.27. The molecule has 0 atom stereocenters. The monoisotopic (exact) mass is 358 g/mol. The Kier molecular flexibility index (Phi) is 3.98. The van der Waals surface area contributed by atoms with Crippen LogP contribution in [0.15, 0.2) is 44.3 Å². The molecule has 1 aromatic carbocycles. The highest BCUT2D eigenvalue weighted by atomic mass is 79.9. The molecule has 1 heterocycles. The SMILES string of the molecule is Cc1ccc(NC(=O)c2ccc(S(N)(=O)=O)o2)c(Br)c1. The smallest absolute Gasteiger partial charge is 0.291 e. The summed E-state index contributed by atoms with van der Waals surface area (Å²) in [6, 6.07) is 7.78. The van der Waals surface area contributed by atoms with E-state index in [1.165, 1.54) is 6.07 Å². The number of halogens is 1. The molecule has 3 N–H and O–H groups in total. The molecular weight excluding hydrogens is 348 g/mol. The van der Waals surface area contributed by atoms with Crippen molar-refractivity contribution in [3.8, 4) is 0 Å². The van der Waals surface area contributed by atoms with Gasteiger partial charge < -0.3 is 9.73 Å². The number of amides is 1. The summed E-state index contributed by atoms with van der Waals surface area (Å²) in [6.45, 7) is 1.92. The Morgan fingerprint density at radius 2 is 2.00 bits per heavy atom. The zero-order valence-electron chi connectivity index (χ0n) is 10.4. The van der Waals surface area contributed by atoms with Gasteiger partial charge in [-0.15, -0.1) is 0 Å². The molecule has 0 bridgehead atoms. The molecule has 0 aliphatic carbocycles. The van der Waals surface area contributed by atoms with Crippen LogP contribution >= 0.6 is 15.9 Å². The van der Waals surface area contributed by atoms with Crippen molar-refractivity contribution in [3.63, 3.8) is 0 Å². The van der Waals surface area contributed by atoms with E-state index in [4.69, 9.17) is 9.56 Å². The summed E-state index contributed by atoms with van der Waals surface area (Å²) in [5.74, 6) is -0.703. The number of primary sulfonamides is 1. The van der Waals surface area contributed by atoms with Crippen molar-refractivity contribution in [3.05, 3.63) is 46.1 Å². The third-order valence-corrected chi connectivity index (χ3v) is 3.89. The summed E-state index contributed by atoms with van der Waals surface area (Å²) in [5.41, 5.74) is 1.58. The van der Waals surface area contributed by atoms with Crippen LogP contribution in [0.5, 0.6) is 0 Å². The summed E-state index contributed by atoms with van der Waals surface area (Å²) in [7, 11) is -3.96. The van der Waals surface area contributed by atoms with Gasteiger partial charge >= 0.3 is 0 Å². The van der Waals surface area contributed by atoms with E-state index in [1.807, 2.05) is 19.1 Å². The number of sulfonamides is 1. The molecule has 0 radical (unpaired) electrons. The Hall–Kier alpha value is -1.64. The zero-order chi connectivity index (χ0) is 14.9. The Morgan fingerprint density at radius 3 is 2.55 bits per heavy atom. The predicted octanol–water partition coefficient (Wildman–Crippen LogP) is 2.25. The third kappa shape index (κ3) is 3.27. The van der Waals surface area contributed by atoms with Crippen LogP contribution in [0.2, 0.25) is 0 Å². The normalized spacial score (nSPS) is 11.3. The van der Waals surface area contributed by atoms with E-state index in [0.29, 0.717) is 10.2 Å². The second-order valence-corrected chi connectivity index (χ2v) is 6.45. The maximum absolute atomic E-state index is 11.9. The molecule has 0 aliphatic heterocycles. The molecule has 1 aromatic heterocycles. The number of rotatable bonds is 3. The molecule has 0 saturated carbocycles. The largest absolute Gasteiger partial charge is 0.438 e. The van der Waals surface area contributed by atoms with E-state index >= 15 is 0 Å². The number of benzene rings is 1. The van der Waals surface area contributed by atoms with Gasteiger partial charge in [-0.2, -0.15) is 0 Å². The van der Waals surface area contributed by atoms with Crippen LogP contribution in [-0.4, -0.2) is 14.3 Å². The number of hydrogen-bond donors (Lipinski definition) is 2. The Bertz CT molecular complexity index is 768. The van der Waals surface area contributed by atoms with Crippen LogP contribution in [0.25, 0.3) is 0 Å². The molecule has 0 saturated heterocycles. The maximum Gasteiger partial charge on any atom is 0.291 e. The van der Waals surface area contributed by atoms with Crippen LogP contribution < -0.4 is 10.5 Å². The number of hydrogen-bond acceptors (Lipinski definition) is 4. The second kappa shape index (κ2) is 5.39. The van der Waals surface area contributed by atoms with Crippen molar-refractivity contribution in [2.75, 3.05) is 5.32 Å². The standard InChI is InChI=1S/C12H11BrN2O4S/c1-7-2-3-9(8(13)6-7)15-12(16)10-4-5-11(19-10)20(14,17)18/h2-6H,1H3,(H,15,16)(H2,14,17,18). The molecule has 20 heavy (non-hydrogen) atoms. The molecule has 8 heteroatoms. The van der Waals surface area contributed by atoms with Gasteiger partial charge in [0, 0.05) is 4.47 Å². The third-order valence-electron chi connectivity index (χ3n) is 2.46. The maximum atomic E-state index is 11.9. The average molecular weight is 359 g/mol. The fourth-order valence-corrected chi connectivity index (χ4v) is 2.56. The topological polar surface area (TPSA) is 102 Å². The summed E-state index contributed by atoms with van der Waals surface area (Å²) in [6.07, 6.45) is 0. The lowest BCUT2D eigenvalue weighted by Crippen LogP contribution is -2.13. The van der Waals surface area contributed by atoms with Gasteiger partial charge in [-0.1, -0.05) is 6.07 Å². The number of nitrogens with two attached hydrogens (primary N) is 1. The Balaban J connectivity index is 2.22. The van der Waals surface area contributed by atoms with Crippen LogP contribution in [0.3, 0.4) is 0 Å². The summed E-state index contributed by atoms with van der Waals surface area (Å²) in [4.78, 5) is 11.9. The summed E-state index contributed by atoms with van der Waals surface area (Å²) in [5, 5.41) is 7.05. The predicted molar refractivity (Wildman–Crippen MR) is 76.9 cm³/mol. The van der Waals surface area contributed by atoms with Crippen molar-refractivity contribution in [2.45, 2.75) is 12.0 Å². The number of nitrogens with one attached hydrogen (secondary N) is 1. The molecule has 2 aromatic rings. The van der Waals surface area contributed by atoms with Crippen molar-refractivity contribution in [1.29, 1.82) is 0 Å². The summed E-state index contributed by atoms with van der Waals surface area (Å²) >= 11 is 3.32. The molecule has 0 aliphatic rings. The number of anilines is 1. The van der Waals surface area contributed by atoms with E-state index in [9.17, 15) is 13.2 Å². The highest BCUT2D eigenvalue weighted by Gasteiger charge is 2.18. The van der Waals surface area contributed by atoms with E-state index in [1.54, 1.807) is 6.07 Å². The fraction of sp³-hybridized carbons (Fsp3) is 0.0833. The lowest BCUT2D eigenvalue weighted by molar-refractivity contribution is 0.0991. The van der Waals surface area contributed by atoms with Gasteiger partial charge in [-0.25, -0.2) is 13.6 Å². The number of aryl methyl sites for hydroxylation is 1.